The Hall–Kier alpha value is -1.60. The van der Waals surface area contributed by atoms with E-state index in [4.69, 9.17) is 5.73 Å². The Balaban J connectivity index is 2.82. The van der Waals surface area contributed by atoms with E-state index in [1.54, 1.807) is 31.2 Å². The molecule has 0 atom stereocenters. The maximum atomic E-state index is 12.3. The smallest absolute Gasteiger partial charge is 0.251 e. The van der Waals surface area contributed by atoms with Crippen LogP contribution in [0.3, 0.4) is 0 Å². The van der Waals surface area contributed by atoms with Crippen LogP contribution in [0.5, 0.6) is 0 Å². The molecule has 6 nitrogen and oxygen atoms in total. The van der Waals surface area contributed by atoms with Crippen molar-refractivity contribution in [2.24, 2.45) is 5.73 Å². The number of hydrogen-bond donors (Lipinski definition) is 3. The Labute approximate surface area is 138 Å². The van der Waals surface area contributed by atoms with E-state index in [1.165, 1.54) is 0 Å². The van der Waals surface area contributed by atoms with E-state index >= 15 is 0 Å². The van der Waals surface area contributed by atoms with Gasteiger partial charge in [-0.25, -0.2) is 8.42 Å². The molecule has 0 saturated heterocycles. The molecule has 1 aromatic rings. The minimum atomic E-state index is -3.33. The molecule has 0 fully saturated rings. The SMILES string of the molecule is CCCS(=O)(=O)Nc1ccc(C(=O)NC(CC)(CC)CN)cc1. The van der Waals surface area contributed by atoms with Crippen molar-refractivity contribution in [2.75, 3.05) is 17.0 Å². The van der Waals surface area contributed by atoms with Gasteiger partial charge in [-0.2, -0.15) is 0 Å². The van der Waals surface area contributed by atoms with E-state index in [0.717, 1.165) is 12.8 Å². The first-order valence-electron chi connectivity index (χ1n) is 7.94. The van der Waals surface area contributed by atoms with Gasteiger partial charge < -0.3 is 11.1 Å². The number of sulfonamides is 1. The third-order valence-electron chi connectivity index (χ3n) is 4.02. The number of amides is 1. The highest BCUT2D eigenvalue weighted by Crippen LogP contribution is 2.16. The predicted molar refractivity (Wildman–Crippen MR) is 94.0 cm³/mol. The standard InChI is InChI=1S/C16H27N3O3S/c1-4-11-23(21,22)19-14-9-7-13(8-10-14)15(20)18-16(5-2,6-3)12-17/h7-10,19H,4-6,11-12,17H2,1-3H3,(H,18,20). The van der Waals surface area contributed by atoms with Crippen molar-refractivity contribution in [2.45, 2.75) is 45.6 Å². The summed E-state index contributed by atoms with van der Waals surface area (Å²) in [5.41, 5.74) is 6.31. The second-order valence-electron chi connectivity index (χ2n) is 5.64. The number of nitrogens with two attached hydrogens (primary N) is 1. The van der Waals surface area contributed by atoms with Crippen molar-refractivity contribution in [1.29, 1.82) is 0 Å². The first kappa shape index (κ1) is 19.4. The van der Waals surface area contributed by atoms with Crippen LogP contribution in [0, 0.1) is 0 Å². The fraction of sp³-hybridized carbons (Fsp3) is 0.562. The van der Waals surface area contributed by atoms with Crippen LogP contribution in [0.1, 0.15) is 50.4 Å². The first-order valence-corrected chi connectivity index (χ1v) is 9.59. The van der Waals surface area contributed by atoms with Crippen LogP contribution in [0.4, 0.5) is 5.69 Å². The lowest BCUT2D eigenvalue weighted by molar-refractivity contribution is 0.0895. The zero-order chi connectivity index (χ0) is 17.5. The summed E-state index contributed by atoms with van der Waals surface area (Å²) in [5.74, 6) is -0.136. The fourth-order valence-electron chi connectivity index (χ4n) is 2.27. The van der Waals surface area contributed by atoms with Gasteiger partial charge in [-0.3, -0.25) is 9.52 Å². The number of carbonyl (C=O) groups excluding carboxylic acids is 1. The van der Waals surface area contributed by atoms with Crippen molar-refractivity contribution in [3.05, 3.63) is 29.8 Å². The van der Waals surface area contributed by atoms with Crippen LogP contribution in [0.25, 0.3) is 0 Å². The summed E-state index contributed by atoms with van der Waals surface area (Å²) in [6.07, 6.45) is 2.05. The summed E-state index contributed by atoms with van der Waals surface area (Å²) in [7, 11) is -3.33. The summed E-state index contributed by atoms with van der Waals surface area (Å²) in [6, 6.07) is 6.38. The zero-order valence-electron chi connectivity index (χ0n) is 14.1. The number of anilines is 1. The molecule has 0 aliphatic rings. The monoisotopic (exact) mass is 341 g/mol. The Bertz CT molecular complexity index is 600. The number of hydrogen-bond acceptors (Lipinski definition) is 4. The Morgan fingerprint density at radius 1 is 1.13 bits per heavy atom. The molecule has 7 heteroatoms. The summed E-state index contributed by atoms with van der Waals surface area (Å²) in [4.78, 5) is 12.3. The molecular formula is C16H27N3O3S. The van der Waals surface area contributed by atoms with Gasteiger partial charge in [0.2, 0.25) is 10.0 Å². The van der Waals surface area contributed by atoms with Gasteiger partial charge in [0.15, 0.2) is 0 Å². The normalized spacial score (nSPS) is 12.0. The fourth-order valence-corrected chi connectivity index (χ4v) is 3.40. The predicted octanol–water partition coefficient (Wildman–Crippen LogP) is 2.09. The molecule has 0 heterocycles. The largest absolute Gasteiger partial charge is 0.345 e. The molecule has 0 bridgehead atoms. The molecule has 0 radical (unpaired) electrons. The van der Waals surface area contributed by atoms with E-state index in [2.05, 4.69) is 10.0 Å². The van der Waals surface area contributed by atoms with Gasteiger partial charge >= 0.3 is 0 Å². The Morgan fingerprint density at radius 2 is 1.70 bits per heavy atom. The molecular weight excluding hydrogens is 314 g/mol. The highest BCUT2D eigenvalue weighted by Gasteiger charge is 2.26. The summed E-state index contributed by atoms with van der Waals surface area (Å²) in [6.45, 7) is 6.16. The summed E-state index contributed by atoms with van der Waals surface area (Å²) < 4.78 is 25.9. The first-order chi connectivity index (χ1) is 10.8. The van der Waals surface area contributed by atoms with Gasteiger partial charge in [0.05, 0.1) is 11.3 Å². The van der Waals surface area contributed by atoms with Crippen LogP contribution in [-0.2, 0) is 10.0 Å². The molecule has 23 heavy (non-hydrogen) atoms. The minimum Gasteiger partial charge on any atom is -0.345 e. The molecule has 1 amide bonds. The molecule has 0 aliphatic carbocycles. The summed E-state index contributed by atoms with van der Waals surface area (Å²) >= 11 is 0. The third-order valence-corrected chi connectivity index (χ3v) is 5.51. The quantitative estimate of drug-likeness (QED) is 0.640. The number of rotatable bonds is 9. The van der Waals surface area contributed by atoms with Crippen LogP contribution >= 0.6 is 0 Å². The molecule has 130 valence electrons. The van der Waals surface area contributed by atoms with Crippen LogP contribution in [0.15, 0.2) is 24.3 Å². The lowest BCUT2D eigenvalue weighted by Gasteiger charge is -2.31. The minimum absolute atomic E-state index is 0.0707. The molecule has 1 rings (SSSR count). The van der Waals surface area contributed by atoms with Gasteiger partial charge in [0.1, 0.15) is 0 Å². The average molecular weight is 341 g/mol. The molecule has 0 spiro atoms. The van der Waals surface area contributed by atoms with Gasteiger partial charge in [-0.05, 0) is 43.5 Å². The Morgan fingerprint density at radius 3 is 2.13 bits per heavy atom. The lowest BCUT2D eigenvalue weighted by Crippen LogP contribution is -2.52. The molecule has 0 aromatic heterocycles. The topological polar surface area (TPSA) is 101 Å². The average Bonchev–Trinajstić information content (AvgIpc) is 2.52. The highest BCUT2D eigenvalue weighted by molar-refractivity contribution is 7.92. The van der Waals surface area contributed by atoms with Crippen LogP contribution in [0.2, 0.25) is 0 Å². The van der Waals surface area contributed by atoms with Crippen molar-refractivity contribution >= 4 is 21.6 Å². The van der Waals surface area contributed by atoms with E-state index in [0.29, 0.717) is 24.2 Å². The number of benzene rings is 1. The van der Waals surface area contributed by atoms with Crippen LogP contribution < -0.4 is 15.8 Å². The molecule has 0 aliphatic heterocycles. The maximum Gasteiger partial charge on any atom is 0.251 e. The maximum absolute atomic E-state index is 12.3. The number of nitrogens with one attached hydrogen (secondary N) is 2. The second-order valence-corrected chi connectivity index (χ2v) is 7.49. The summed E-state index contributed by atoms with van der Waals surface area (Å²) in [5, 5.41) is 2.98. The highest BCUT2D eigenvalue weighted by atomic mass is 32.2. The lowest BCUT2D eigenvalue weighted by atomic mass is 9.92. The van der Waals surface area contributed by atoms with Crippen molar-refractivity contribution in [1.82, 2.24) is 5.32 Å². The Kier molecular flexibility index (Phi) is 7.02. The van der Waals surface area contributed by atoms with Crippen molar-refractivity contribution in [3.63, 3.8) is 0 Å². The van der Waals surface area contributed by atoms with E-state index in [9.17, 15) is 13.2 Å². The molecule has 4 N–H and O–H groups in total. The van der Waals surface area contributed by atoms with E-state index in [-0.39, 0.29) is 11.7 Å². The van der Waals surface area contributed by atoms with Gasteiger partial charge in [0, 0.05) is 17.8 Å². The van der Waals surface area contributed by atoms with Crippen molar-refractivity contribution < 1.29 is 13.2 Å². The third kappa shape index (κ3) is 5.51. The van der Waals surface area contributed by atoms with E-state index in [1.807, 2.05) is 13.8 Å². The van der Waals surface area contributed by atoms with Gasteiger partial charge in [-0.1, -0.05) is 20.8 Å². The van der Waals surface area contributed by atoms with Gasteiger partial charge in [0.25, 0.3) is 5.91 Å². The molecule has 0 unspecified atom stereocenters. The van der Waals surface area contributed by atoms with Crippen LogP contribution in [-0.4, -0.2) is 32.2 Å². The van der Waals surface area contributed by atoms with Crippen molar-refractivity contribution in [3.8, 4) is 0 Å². The van der Waals surface area contributed by atoms with E-state index < -0.39 is 15.6 Å². The number of carbonyl (C=O) groups is 1. The zero-order valence-corrected chi connectivity index (χ0v) is 14.9. The second kappa shape index (κ2) is 8.31. The molecule has 1 aromatic carbocycles. The molecule has 0 saturated carbocycles. The van der Waals surface area contributed by atoms with Gasteiger partial charge in [-0.15, -0.1) is 0 Å².